The molecule has 1 amide bonds. The highest BCUT2D eigenvalue weighted by atomic mass is 32.2. The van der Waals surface area contributed by atoms with Gasteiger partial charge in [-0.2, -0.15) is 4.31 Å². The van der Waals surface area contributed by atoms with Crippen LogP contribution in [0, 0.1) is 17.8 Å². The van der Waals surface area contributed by atoms with Gasteiger partial charge < -0.3 is 33.9 Å². The van der Waals surface area contributed by atoms with E-state index in [1.54, 1.807) is 44.2 Å². The van der Waals surface area contributed by atoms with Gasteiger partial charge in [0.1, 0.15) is 11.5 Å². The van der Waals surface area contributed by atoms with Crippen molar-refractivity contribution in [3.8, 4) is 17.2 Å². The molecule has 4 aliphatic heterocycles. The Hall–Kier alpha value is -3.10. The zero-order valence-corrected chi connectivity index (χ0v) is 27.0. The van der Waals surface area contributed by atoms with Gasteiger partial charge in [0, 0.05) is 31.0 Å². The standard InChI is InChI=1S/C33H42N2O10S/c1-32(2)35(31(37)38)33(16-21-7-9-23(36)10-8-21,26-19-42-30-25(26)13-14-41-30)29(45-32)18-34(17-22-5-3-4-6-22)46(39,40)24-11-12-27-28(15-24)44-20-43-27/h7-12,15,22,25-26,29-30,36H,3-6,13-14,16-20H2,1-2H3,(H,37,38)/t25?,26?,29-,30?,33+/m1/s1. The number of fused-ring (bicyclic) bond motifs is 2. The minimum absolute atomic E-state index is 0.0236. The molecule has 2 N–H and O–H groups in total. The predicted octanol–water partition coefficient (Wildman–Crippen LogP) is 4.41. The fourth-order valence-electron chi connectivity index (χ4n) is 8.52. The molecule has 5 aliphatic rings. The molecule has 250 valence electrons. The van der Waals surface area contributed by atoms with E-state index >= 15 is 0 Å². The van der Waals surface area contributed by atoms with Gasteiger partial charge in [-0.3, -0.25) is 4.90 Å². The van der Waals surface area contributed by atoms with Crippen LogP contribution in [0.15, 0.2) is 47.4 Å². The van der Waals surface area contributed by atoms with Gasteiger partial charge in [0.2, 0.25) is 16.8 Å². The predicted molar refractivity (Wildman–Crippen MR) is 164 cm³/mol. The molecule has 13 heteroatoms. The quantitative estimate of drug-likeness (QED) is 0.398. The molecule has 2 aromatic carbocycles. The summed E-state index contributed by atoms with van der Waals surface area (Å²) in [5.74, 6) is 0.670. The number of phenolic OH excluding ortho intramolecular Hbond substituents is 1. The molecule has 0 spiro atoms. The molecule has 3 unspecified atom stereocenters. The number of amides is 1. The van der Waals surface area contributed by atoms with Crippen LogP contribution in [0.5, 0.6) is 17.2 Å². The number of nitrogens with zero attached hydrogens (tertiary/aromatic N) is 2. The number of phenols is 1. The summed E-state index contributed by atoms with van der Waals surface area (Å²) in [6.07, 6.45) is 2.35. The summed E-state index contributed by atoms with van der Waals surface area (Å²) in [5.41, 5.74) is -1.72. The van der Waals surface area contributed by atoms with Gasteiger partial charge in [-0.15, -0.1) is 0 Å². The molecule has 1 aliphatic carbocycles. The van der Waals surface area contributed by atoms with E-state index in [9.17, 15) is 23.4 Å². The lowest BCUT2D eigenvalue weighted by molar-refractivity contribution is -0.0907. The maximum atomic E-state index is 14.6. The Kier molecular flexibility index (Phi) is 8.12. The lowest BCUT2D eigenvalue weighted by atomic mass is 9.69. The van der Waals surface area contributed by atoms with Gasteiger partial charge in [-0.05, 0) is 75.3 Å². The second-order valence-corrected chi connectivity index (χ2v) is 15.6. The van der Waals surface area contributed by atoms with E-state index in [0.717, 1.165) is 31.2 Å². The Bertz CT molecular complexity index is 1560. The van der Waals surface area contributed by atoms with Crippen LogP contribution in [0.1, 0.15) is 51.5 Å². The number of rotatable bonds is 9. The second-order valence-electron chi connectivity index (χ2n) is 13.6. The minimum atomic E-state index is -4.08. The number of hydrogen-bond acceptors (Lipinski definition) is 9. The summed E-state index contributed by atoms with van der Waals surface area (Å²) in [6.45, 7) is 4.43. The Morgan fingerprint density at radius 1 is 1.00 bits per heavy atom. The monoisotopic (exact) mass is 658 g/mol. The molecule has 4 fully saturated rings. The van der Waals surface area contributed by atoms with Crippen LogP contribution in [-0.2, 0) is 30.7 Å². The average Bonchev–Trinajstić information content (AvgIpc) is 3.83. The summed E-state index contributed by atoms with van der Waals surface area (Å²) in [4.78, 5) is 14.8. The highest BCUT2D eigenvalue weighted by Gasteiger charge is 2.67. The van der Waals surface area contributed by atoms with Crippen molar-refractivity contribution in [2.24, 2.45) is 17.8 Å². The van der Waals surface area contributed by atoms with Crippen molar-refractivity contribution >= 4 is 16.1 Å². The lowest BCUT2D eigenvalue weighted by Crippen LogP contribution is -2.65. The first-order valence-corrected chi connectivity index (χ1v) is 17.5. The van der Waals surface area contributed by atoms with Crippen LogP contribution in [0.2, 0.25) is 0 Å². The molecule has 1 saturated carbocycles. The van der Waals surface area contributed by atoms with Crippen LogP contribution in [0.25, 0.3) is 0 Å². The molecular formula is C33H42N2O10S. The second kappa shape index (κ2) is 11.9. The Balaban J connectivity index is 1.34. The fourth-order valence-corrected chi connectivity index (χ4v) is 10.1. The Morgan fingerprint density at radius 3 is 2.48 bits per heavy atom. The summed E-state index contributed by atoms with van der Waals surface area (Å²) in [7, 11) is -4.08. The molecule has 0 radical (unpaired) electrons. The summed E-state index contributed by atoms with van der Waals surface area (Å²) in [5, 5.41) is 20.9. The van der Waals surface area contributed by atoms with Crippen LogP contribution in [-0.4, -0.2) is 90.7 Å². The average molecular weight is 659 g/mol. The molecular weight excluding hydrogens is 616 g/mol. The van der Waals surface area contributed by atoms with Gasteiger partial charge in [-0.1, -0.05) is 25.0 Å². The van der Waals surface area contributed by atoms with E-state index in [2.05, 4.69) is 0 Å². The highest BCUT2D eigenvalue weighted by molar-refractivity contribution is 7.89. The molecule has 12 nitrogen and oxygen atoms in total. The van der Waals surface area contributed by atoms with Crippen molar-refractivity contribution in [2.75, 3.05) is 33.1 Å². The number of ether oxygens (including phenoxy) is 5. The SMILES string of the molecule is CC1(C)O[C@H](CN(CC2CCCC2)S(=O)(=O)c2ccc3c(c2)OCO3)[C@](Cc2ccc(O)cc2)(C2COC3OCCC32)N1C(=O)O. The molecule has 5 atom stereocenters. The van der Waals surface area contributed by atoms with Crippen molar-refractivity contribution in [1.82, 2.24) is 9.21 Å². The van der Waals surface area contributed by atoms with Crippen molar-refractivity contribution in [2.45, 2.75) is 80.9 Å². The van der Waals surface area contributed by atoms with Crippen molar-refractivity contribution in [1.29, 1.82) is 0 Å². The van der Waals surface area contributed by atoms with Crippen LogP contribution in [0.4, 0.5) is 4.79 Å². The number of carbonyl (C=O) groups is 1. The smallest absolute Gasteiger partial charge is 0.410 e. The van der Waals surface area contributed by atoms with E-state index in [4.69, 9.17) is 23.7 Å². The third-order valence-corrected chi connectivity index (χ3v) is 12.4. The van der Waals surface area contributed by atoms with Crippen LogP contribution >= 0.6 is 0 Å². The van der Waals surface area contributed by atoms with Crippen molar-refractivity contribution in [3.05, 3.63) is 48.0 Å². The Labute approximate surface area is 269 Å². The van der Waals surface area contributed by atoms with Crippen LogP contribution < -0.4 is 9.47 Å². The number of carboxylic acid groups (broad SMARTS) is 1. The first-order chi connectivity index (χ1) is 22.0. The van der Waals surface area contributed by atoms with E-state index < -0.39 is 39.8 Å². The molecule has 0 aromatic heterocycles. The highest BCUT2D eigenvalue weighted by Crippen LogP contribution is 2.53. The lowest BCUT2D eigenvalue weighted by Gasteiger charge is -2.47. The Morgan fingerprint density at radius 2 is 1.74 bits per heavy atom. The summed E-state index contributed by atoms with van der Waals surface area (Å²) < 4.78 is 60.3. The molecule has 0 bridgehead atoms. The fraction of sp³-hybridized carbons (Fsp3) is 0.606. The third-order valence-electron chi connectivity index (χ3n) is 10.5. The van der Waals surface area contributed by atoms with Gasteiger partial charge in [0.05, 0.1) is 29.8 Å². The van der Waals surface area contributed by atoms with Crippen molar-refractivity contribution < 1.29 is 47.1 Å². The molecule has 4 heterocycles. The number of sulfonamides is 1. The first-order valence-electron chi connectivity index (χ1n) is 16.1. The molecule has 7 rings (SSSR count). The summed E-state index contributed by atoms with van der Waals surface area (Å²) >= 11 is 0. The maximum absolute atomic E-state index is 14.6. The molecule has 2 aromatic rings. The zero-order chi connectivity index (χ0) is 32.3. The normalized spacial score (nSPS) is 30.4. The zero-order valence-electron chi connectivity index (χ0n) is 26.2. The van der Waals surface area contributed by atoms with E-state index in [0.29, 0.717) is 24.5 Å². The molecule has 46 heavy (non-hydrogen) atoms. The van der Waals surface area contributed by atoms with E-state index in [1.165, 1.54) is 21.3 Å². The number of benzene rings is 2. The van der Waals surface area contributed by atoms with Gasteiger partial charge in [0.25, 0.3) is 0 Å². The van der Waals surface area contributed by atoms with Crippen molar-refractivity contribution in [3.63, 3.8) is 0 Å². The van der Waals surface area contributed by atoms with E-state index in [-0.39, 0.29) is 61.3 Å². The summed E-state index contributed by atoms with van der Waals surface area (Å²) in [6, 6.07) is 11.3. The van der Waals surface area contributed by atoms with Gasteiger partial charge >= 0.3 is 6.09 Å². The first kappa shape index (κ1) is 31.5. The molecule has 3 saturated heterocycles. The number of aromatic hydroxyl groups is 1. The van der Waals surface area contributed by atoms with Gasteiger partial charge in [0.15, 0.2) is 17.8 Å². The minimum Gasteiger partial charge on any atom is -0.508 e. The van der Waals surface area contributed by atoms with Crippen LogP contribution in [0.3, 0.4) is 0 Å². The third kappa shape index (κ3) is 5.39. The maximum Gasteiger partial charge on any atom is 0.410 e. The number of hydrogen-bond donors (Lipinski definition) is 2. The largest absolute Gasteiger partial charge is 0.508 e. The van der Waals surface area contributed by atoms with E-state index in [1.807, 2.05) is 0 Å². The topological polar surface area (TPSA) is 144 Å². The van der Waals surface area contributed by atoms with Gasteiger partial charge in [-0.25, -0.2) is 13.2 Å².